The quantitative estimate of drug-likeness (QED) is 0.646. The predicted molar refractivity (Wildman–Crippen MR) is 94.7 cm³/mol. The molecule has 1 aliphatic heterocycles. The van der Waals surface area contributed by atoms with Crippen LogP contribution in [0.1, 0.15) is 12.5 Å². The van der Waals surface area contributed by atoms with Crippen LogP contribution < -0.4 is 10.5 Å². The van der Waals surface area contributed by atoms with E-state index in [-0.39, 0.29) is 5.71 Å². The molecule has 1 atom stereocenters. The molecule has 2 aromatic carbocycles. The zero-order valence-electron chi connectivity index (χ0n) is 13.9. The highest BCUT2D eigenvalue weighted by molar-refractivity contribution is 6.40. The second-order valence-electron chi connectivity index (χ2n) is 5.49. The largest absolute Gasteiger partial charge is 0.399 e. The van der Waals surface area contributed by atoms with Gasteiger partial charge >= 0.3 is 0 Å². The maximum absolute atomic E-state index is 13.2. The van der Waals surface area contributed by atoms with Crippen molar-refractivity contribution in [1.82, 2.24) is 5.48 Å². The van der Waals surface area contributed by atoms with Crippen molar-refractivity contribution in [2.75, 3.05) is 12.1 Å². The Morgan fingerprint density at radius 3 is 2.32 bits per heavy atom. The minimum Gasteiger partial charge on any atom is -0.399 e. The standard InChI is InChI=1S/C18H18N4O3/c1-13-18(21-24,16(20-25-2)14-9-5-3-6-10-14)17(23)22(19-13)15-11-7-4-8-12-15/h3-12,21,24H,1-2H3. The summed E-state index contributed by atoms with van der Waals surface area (Å²) in [5, 5.41) is 19.6. The molecule has 2 aromatic rings. The molecule has 1 heterocycles. The lowest BCUT2D eigenvalue weighted by Crippen LogP contribution is -2.62. The fourth-order valence-corrected chi connectivity index (χ4v) is 2.81. The van der Waals surface area contributed by atoms with Crippen LogP contribution in [0.2, 0.25) is 0 Å². The number of anilines is 1. The summed E-state index contributed by atoms with van der Waals surface area (Å²) in [6.45, 7) is 1.65. The Kier molecular flexibility index (Phi) is 4.60. The first kappa shape index (κ1) is 16.8. The average molecular weight is 338 g/mol. The van der Waals surface area contributed by atoms with E-state index in [1.807, 2.05) is 24.3 Å². The smallest absolute Gasteiger partial charge is 0.282 e. The first-order valence-electron chi connectivity index (χ1n) is 7.68. The highest BCUT2D eigenvalue weighted by Gasteiger charge is 2.54. The van der Waals surface area contributed by atoms with Crippen molar-refractivity contribution >= 4 is 23.0 Å². The van der Waals surface area contributed by atoms with Crippen molar-refractivity contribution in [2.24, 2.45) is 10.3 Å². The minimum absolute atomic E-state index is 0.225. The molecule has 128 valence electrons. The molecular formula is C18H18N4O3. The lowest BCUT2D eigenvalue weighted by atomic mass is 9.85. The fourth-order valence-electron chi connectivity index (χ4n) is 2.81. The predicted octanol–water partition coefficient (Wildman–Crippen LogP) is 2.18. The van der Waals surface area contributed by atoms with Crippen molar-refractivity contribution in [3.8, 4) is 0 Å². The second-order valence-corrected chi connectivity index (χ2v) is 5.49. The van der Waals surface area contributed by atoms with E-state index in [0.29, 0.717) is 17.0 Å². The van der Waals surface area contributed by atoms with Gasteiger partial charge in [0.15, 0.2) is 0 Å². The number of amides is 1. The van der Waals surface area contributed by atoms with Crippen LogP contribution in [0.25, 0.3) is 0 Å². The Labute approximate surface area is 145 Å². The number of carbonyl (C=O) groups excluding carboxylic acids is 1. The number of nitrogens with one attached hydrogen (secondary N) is 1. The summed E-state index contributed by atoms with van der Waals surface area (Å²) in [6, 6.07) is 18.0. The second kappa shape index (κ2) is 6.84. The van der Waals surface area contributed by atoms with Gasteiger partial charge in [0.05, 0.1) is 11.4 Å². The van der Waals surface area contributed by atoms with Crippen molar-refractivity contribution in [3.63, 3.8) is 0 Å². The van der Waals surface area contributed by atoms with E-state index >= 15 is 0 Å². The summed E-state index contributed by atoms with van der Waals surface area (Å²) >= 11 is 0. The molecule has 0 bridgehead atoms. The molecule has 1 amide bonds. The van der Waals surface area contributed by atoms with Gasteiger partial charge in [-0.25, -0.2) is 0 Å². The third-order valence-electron chi connectivity index (χ3n) is 4.06. The van der Waals surface area contributed by atoms with Crippen molar-refractivity contribution in [3.05, 3.63) is 66.2 Å². The van der Waals surface area contributed by atoms with Gasteiger partial charge in [-0.05, 0) is 19.1 Å². The Morgan fingerprint density at radius 1 is 1.16 bits per heavy atom. The SMILES string of the molecule is CON=C(c1ccccc1)C1(NO)C(=O)N(c2ccccc2)N=C1C. The highest BCUT2D eigenvalue weighted by Crippen LogP contribution is 2.29. The maximum Gasteiger partial charge on any atom is 0.282 e. The minimum atomic E-state index is -1.63. The topological polar surface area (TPSA) is 86.5 Å². The highest BCUT2D eigenvalue weighted by atomic mass is 16.6. The van der Waals surface area contributed by atoms with E-state index < -0.39 is 11.4 Å². The van der Waals surface area contributed by atoms with Gasteiger partial charge in [-0.2, -0.15) is 15.6 Å². The number of hydrogen-bond acceptors (Lipinski definition) is 6. The Morgan fingerprint density at radius 2 is 1.76 bits per heavy atom. The molecule has 0 aliphatic carbocycles. The van der Waals surface area contributed by atoms with Crippen LogP contribution in [0.4, 0.5) is 5.69 Å². The molecule has 2 N–H and O–H groups in total. The summed E-state index contributed by atoms with van der Waals surface area (Å²) in [5.74, 6) is -0.474. The average Bonchev–Trinajstić information content (AvgIpc) is 2.92. The number of rotatable bonds is 5. The maximum atomic E-state index is 13.2. The number of carbonyl (C=O) groups is 1. The molecule has 25 heavy (non-hydrogen) atoms. The first-order chi connectivity index (χ1) is 12.1. The van der Waals surface area contributed by atoms with E-state index in [2.05, 4.69) is 15.7 Å². The molecule has 0 spiro atoms. The van der Waals surface area contributed by atoms with Gasteiger partial charge in [-0.1, -0.05) is 53.7 Å². The van der Waals surface area contributed by atoms with Gasteiger partial charge in [-0.15, -0.1) is 0 Å². The van der Waals surface area contributed by atoms with Crippen LogP contribution in [0.15, 0.2) is 70.9 Å². The zero-order chi connectivity index (χ0) is 17.9. The Hall–Kier alpha value is -3.03. The van der Waals surface area contributed by atoms with Gasteiger partial charge in [0.1, 0.15) is 12.8 Å². The first-order valence-corrected chi connectivity index (χ1v) is 7.68. The van der Waals surface area contributed by atoms with Gasteiger partial charge in [0.25, 0.3) is 5.91 Å². The number of hydrogen-bond donors (Lipinski definition) is 2. The van der Waals surface area contributed by atoms with E-state index in [4.69, 9.17) is 4.84 Å². The number of nitrogens with zero attached hydrogens (tertiary/aromatic N) is 3. The van der Waals surface area contributed by atoms with Gasteiger partial charge in [0.2, 0.25) is 5.54 Å². The third kappa shape index (κ3) is 2.69. The molecule has 0 saturated heterocycles. The normalized spacial score (nSPS) is 20.6. The van der Waals surface area contributed by atoms with Crippen LogP contribution >= 0.6 is 0 Å². The van der Waals surface area contributed by atoms with Crippen molar-refractivity contribution in [1.29, 1.82) is 0 Å². The van der Waals surface area contributed by atoms with Crippen LogP contribution in [-0.2, 0) is 9.63 Å². The number of hydroxylamine groups is 1. The van der Waals surface area contributed by atoms with Crippen LogP contribution in [0, 0.1) is 0 Å². The van der Waals surface area contributed by atoms with Gasteiger partial charge in [-0.3, -0.25) is 4.79 Å². The molecule has 7 heteroatoms. The molecule has 0 fully saturated rings. The van der Waals surface area contributed by atoms with Crippen LogP contribution in [0.3, 0.4) is 0 Å². The number of para-hydroxylation sites is 1. The molecule has 0 saturated carbocycles. The molecule has 7 nitrogen and oxygen atoms in total. The summed E-state index contributed by atoms with van der Waals surface area (Å²) in [4.78, 5) is 18.2. The summed E-state index contributed by atoms with van der Waals surface area (Å²) in [5.41, 5.74) is 2.29. The summed E-state index contributed by atoms with van der Waals surface area (Å²) in [6.07, 6.45) is 0. The van der Waals surface area contributed by atoms with Crippen molar-refractivity contribution < 1.29 is 14.8 Å². The number of oxime groups is 1. The van der Waals surface area contributed by atoms with E-state index in [0.717, 1.165) is 0 Å². The van der Waals surface area contributed by atoms with Crippen LogP contribution in [-0.4, -0.2) is 35.2 Å². The lowest BCUT2D eigenvalue weighted by Gasteiger charge is -2.27. The molecule has 1 aliphatic rings. The van der Waals surface area contributed by atoms with Gasteiger partial charge < -0.3 is 10.0 Å². The van der Waals surface area contributed by atoms with Crippen LogP contribution in [0.5, 0.6) is 0 Å². The molecule has 0 aromatic heterocycles. The number of hydrazone groups is 1. The molecule has 1 unspecified atom stereocenters. The molecule has 3 rings (SSSR count). The Bertz CT molecular complexity index is 821. The lowest BCUT2D eigenvalue weighted by molar-refractivity contribution is -0.122. The van der Waals surface area contributed by atoms with Crippen molar-refractivity contribution in [2.45, 2.75) is 12.5 Å². The van der Waals surface area contributed by atoms with E-state index in [1.165, 1.54) is 12.1 Å². The van der Waals surface area contributed by atoms with E-state index in [1.54, 1.807) is 43.3 Å². The fraction of sp³-hybridized carbons (Fsp3) is 0.167. The monoisotopic (exact) mass is 338 g/mol. The third-order valence-corrected chi connectivity index (χ3v) is 4.06. The molecular weight excluding hydrogens is 320 g/mol. The van der Waals surface area contributed by atoms with Gasteiger partial charge in [0, 0.05) is 5.56 Å². The zero-order valence-corrected chi connectivity index (χ0v) is 13.9. The number of benzene rings is 2. The summed E-state index contributed by atoms with van der Waals surface area (Å²) in [7, 11) is 1.38. The Balaban J connectivity index is 2.13. The van der Waals surface area contributed by atoms with E-state index in [9.17, 15) is 10.0 Å². The summed E-state index contributed by atoms with van der Waals surface area (Å²) < 4.78 is 0. The molecule has 0 radical (unpaired) electrons.